The minimum absolute atomic E-state index is 0. The van der Waals surface area contributed by atoms with Crippen LogP contribution in [0, 0.1) is 0 Å². The van der Waals surface area contributed by atoms with Crippen molar-refractivity contribution in [3.8, 4) is 0 Å². The molecule has 32 valence electrons. The summed E-state index contributed by atoms with van der Waals surface area (Å²) in [6.45, 7) is 0. The molecule has 0 fully saturated rings. The number of hydrogen-bond acceptors (Lipinski definition) is 3. The Balaban J connectivity index is 0. The third-order valence-electron chi connectivity index (χ3n) is 0. The average Bonchev–Trinajstić information content (AvgIpc) is 0.811. The minimum Gasteiger partial charge on any atom is -0.876 e. The van der Waals surface area contributed by atoms with Gasteiger partial charge in [-0.05, 0) is 0 Å². The minimum atomic E-state index is -1.50. The van der Waals surface area contributed by atoms with E-state index in [2.05, 4.69) is 12.2 Å². The molecular formula is CNiO2S. The molecule has 0 radical (unpaired) electrons. The van der Waals surface area contributed by atoms with Crippen LogP contribution in [0.1, 0.15) is 0 Å². The first-order valence-corrected chi connectivity index (χ1v) is 1.02. The van der Waals surface area contributed by atoms with Crippen LogP contribution in [0.5, 0.6) is 0 Å². The molecule has 0 heterocycles. The van der Waals surface area contributed by atoms with Crippen LogP contribution < -0.4 is 10.2 Å². The molecule has 0 aliphatic carbocycles. The van der Waals surface area contributed by atoms with Gasteiger partial charge in [-0.3, -0.25) is 0 Å². The van der Waals surface area contributed by atoms with E-state index in [1.165, 1.54) is 0 Å². The topological polar surface area (TPSA) is 46.1 Å². The van der Waals surface area contributed by atoms with E-state index >= 15 is 0 Å². The molecule has 2 nitrogen and oxygen atoms in total. The van der Waals surface area contributed by atoms with Crippen LogP contribution >= 0.6 is 12.2 Å². The zero-order chi connectivity index (χ0) is 3.58. The maximum Gasteiger partial charge on any atom is 2.00 e. The normalized spacial score (nSPS) is 4.80. The second kappa shape index (κ2) is 4.18. The summed E-state index contributed by atoms with van der Waals surface area (Å²) in [6, 6.07) is 0. The Morgan fingerprint density at radius 3 is 1.40 bits per heavy atom. The second-order valence-corrected chi connectivity index (χ2v) is 0.583. The smallest absolute Gasteiger partial charge is 0.876 e. The van der Waals surface area contributed by atoms with Crippen LogP contribution in [-0.2, 0) is 16.5 Å². The van der Waals surface area contributed by atoms with Gasteiger partial charge >= 0.3 is 16.5 Å². The van der Waals surface area contributed by atoms with E-state index in [-0.39, 0.29) is 16.5 Å². The van der Waals surface area contributed by atoms with E-state index in [0.29, 0.717) is 0 Å². The zero-order valence-corrected chi connectivity index (χ0v) is 3.85. The van der Waals surface area contributed by atoms with Gasteiger partial charge in [-0.1, -0.05) is 0 Å². The third kappa shape index (κ3) is 592. The van der Waals surface area contributed by atoms with E-state index in [1.54, 1.807) is 0 Å². The van der Waals surface area contributed by atoms with Crippen molar-refractivity contribution in [2.75, 3.05) is 0 Å². The van der Waals surface area contributed by atoms with E-state index < -0.39 is 5.24 Å². The van der Waals surface area contributed by atoms with Crippen molar-refractivity contribution in [3.05, 3.63) is 0 Å². The summed E-state index contributed by atoms with van der Waals surface area (Å²) >= 11 is 3.43. The molecule has 0 rings (SSSR count). The molecule has 0 saturated heterocycles. The Morgan fingerprint density at radius 1 is 1.40 bits per heavy atom. The standard InChI is InChI=1S/CH2O2S.Ni/c2-1(3)4;/h(H2,2,3,4);/q;+2/p-2. The molecule has 0 aromatic rings. The molecule has 0 saturated carbocycles. The van der Waals surface area contributed by atoms with Gasteiger partial charge in [0.15, 0.2) is 0 Å². The van der Waals surface area contributed by atoms with Crippen molar-refractivity contribution < 1.29 is 26.7 Å². The van der Waals surface area contributed by atoms with Gasteiger partial charge in [0.05, 0.1) is 0 Å². The maximum absolute atomic E-state index is 8.70. The molecule has 5 heavy (non-hydrogen) atoms. The van der Waals surface area contributed by atoms with Crippen LogP contribution in [0.25, 0.3) is 0 Å². The predicted octanol–water partition coefficient (Wildman–Crippen LogP) is -2.01. The quantitative estimate of drug-likeness (QED) is 0.284. The van der Waals surface area contributed by atoms with Crippen LogP contribution in [0.2, 0.25) is 0 Å². The molecule has 0 unspecified atom stereocenters. The molecule has 0 spiro atoms. The van der Waals surface area contributed by atoms with Gasteiger partial charge in [0, 0.05) is 0 Å². The summed E-state index contributed by atoms with van der Waals surface area (Å²) in [5.74, 6) is 0. The molecule has 0 atom stereocenters. The molecule has 0 amide bonds. The van der Waals surface area contributed by atoms with Crippen molar-refractivity contribution in [2.24, 2.45) is 0 Å². The van der Waals surface area contributed by atoms with Gasteiger partial charge in [-0.15, -0.1) is 17.5 Å². The molecule has 0 aliphatic heterocycles. The van der Waals surface area contributed by atoms with Gasteiger partial charge < -0.3 is 10.2 Å². The number of rotatable bonds is 0. The first-order chi connectivity index (χ1) is 1.73. The SMILES string of the molecule is [Ni+2].[O-]C([O-])=S. The van der Waals surface area contributed by atoms with Crippen molar-refractivity contribution in [2.45, 2.75) is 0 Å². The van der Waals surface area contributed by atoms with Crippen molar-refractivity contribution in [1.82, 2.24) is 0 Å². The summed E-state index contributed by atoms with van der Waals surface area (Å²) in [7, 11) is 0. The maximum atomic E-state index is 8.70. The average molecular weight is 135 g/mol. The fourth-order valence-corrected chi connectivity index (χ4v) is 0. The molecule has 4 heteroatoms. The first-order valence-electron chi connectivity index (χ1n) is 0.612. The summed E-state index contributed by atoms with van der Waals surface area (Å²) in [5, 5.41) is 15.9. The Hall–Kier alpha value is 0.184. The number of thiocarbonyl (C=S) groups is 1. The fraction of sp³-hybridized carbons (Fsp3) is 0. The largest absolute Gasteiger partial charge is 2.00 e. The van der Waals surface area contributed by atoms with Gasteiger partial charge in [0.25, 0.3) is 0 Å². The van der Waals surface area contributed by atoms with E-state index in [0.717, 1.165) is 0 Å². The summed E-state index contributed by atoms with van der Waals surface area (Å²) < 4.78 is 0. The van der Waals surface area contributed by atoms with Crippen LogP contribution in [0.4, 0.5) is 0 Å². The first kappa shape index (κ1) is 8.95. The van der Waals surface area contributed by atoms with Crippen LogP contribution in [-0.4, -0.2) is 5.24 Å². The van der Waals surface area contributed by atoms with Gasteiger partial charge in [-0.25, -0.2) is 0 Å². The fourth-order valence-electron chi connectivity index (χ4n) is 0. The van der Waals surface area contributed by atoms with Gasteiger partial charge in [-0.2, -0.15) is 0 Å². The van der Waals surface area contributed by atoms with E-state index in [4.69, 9.17) is 10.2 Å². The summed E-state index contributed by atoms with van der Waals surface area (Å²) in [6.07, 6.45) is 0. The molecule has 0 aliphatic rings. The van der Waals surface area contributed by atoms with Crippen LogP contribution in [0.15, 0.2) is 0 Å². The van der Waals surface area contributed by atoms with Crippen molar-refractivity contribution in [3.63, 3.8) is 0 Å². The summed E-state index contributed by atoms with van der Waals surface area (Å²) in [5.41, 5.74) is 0. The van der Waals surface area contributed by atoms with Gasteiger partial charge in [0.2, 0.25) is 0 Å². The Bertz CT molecular complexity index is 32.6. The van der Waals surface area contributed by atoms with Crippen molar-refractivity contribution in [1.29, 1.82) is 0 Å². The number of hydrogen-bond donors (Lipinski definition) is 0. The molecule has 0 bridgehead atoms. The second-order valence-electron chi connectivity index (χ2n) is 0.250. The van der Waals surface area contributed by atoms with Gasteiger partial charge in [0.1, 0.15) is 0 Å². The van der Waals surface area contributed by atoms with Crippen LogP contribution in [0.3, 0.4) is 0 Å². The Labute approximate surface area is 44.7 Å². The summed E-state index contributed by atoms with van der Waals surface area (Å²) in [4.78, 5) is 0. The molecular weight excluding hydrogens is 135 g/mol. The van der Waals surface area contributed by atoms with E-state index in [1.807, 2.05) is 0 Å². The zero-order valence-electron chi connectivity index (χ0n) is 2.04. The molecule has 0 N–H and O–H groups in total. The predicted molar refractivity (Wildman–Crippen MR) is 12.6 cm³/mol. The molecule has 0 aromatic carbocycles. The molecule has 0 aromatic heterocycles. The monoisotopic (exact) mass is 134 g/mol. The Kier molecular flexibility index (Phi) is 7.49. The van der Waals surface area contributed by atoms with Crippen molar-refractivity contribution >= 4 is 17.5 Å². The Morgan fingerprint density at radius 2 is 1.40 bits per heavy atom. The third-order valence-corrected chi connectivity index (χ3v) is 0. The van der Waals surface area contributed by atoms with E-state index in [9.17, 15) is 0 Å².